The van der Waals surface area contributed by atoms with Crippen LogP contribution in [0.15, 0.2) is 66.2 Å². The molecule has 0 spiro atoms. The fourth-order valence-electron chi connectivity index (χ4n) is 3.31. The van der Waals surface area contributed by atoms with Gasteiger partial charge in [-0.1, -0.05) is 42.5 Å². The smallest absolute Gasteiger partial charge is 0.433 e. The van der Waals surface area contributed by atoms with Crippen LogP contribution in [0.1, 0.15) is 23.7 Å². The van der Waals surface area contributed by atoms with E-state index in [0.29, 0.717) is 23.6 Å². The normalized spacial score (nSPS) is 11.4. The molecule has 6 nitrogen and oxygen atoms in total. The average molecular weight is 488 g/mol. The second kappa shape index (κ2) is 10.1. The highest BCUT2D eigenvalue weighted by atomic mass is 32.1. The molecule has 0 fully saturated rings. The molecule has 10 heteroatoms. The maximum atomic E-state index is 13.8. The Balaban J connectivity index is 1.58. The molecule has 4 rings (SSSR count). The standard InChI is InChI=1S/C24H20F3N3O3S/c1-2-32-21(31)12-18-13-28-30(22(18)24(25,26)27)23-29-20(15-34-23)17-9-6-10-19(11-17)33-14-16-7-4-3-5-8-16/h3-11,13,15H,2,12,14H2,1H3. The van der Waals surface area contributed by atoms with Gasteiger partial charge in [-0.2, -0.15) is 18.3 Å². The van der Waals surface area contributed by atoms with Gasteiger partial charge in [0.1, 0.15) is 12.4 Å². The summed E-state index contributed by atoms with van der Waals surface area (Å²) in [7, 11) is 0. The molecule has 2 aromatic carbocycles. The van der Waals surface area contributed by atoms with Gasteiger partial charge < -0.3 is 9.47 Å². The topological polar surface area (TPSA) is 66.2 Å². The van der Waals surface area contributed by atoms with Gasteiger partial charge in [0.25, 0.3) is 0 Å². The molecule has 0 bridgehead atoms. The number of esters is 1. The largest absolute Gasteiger partial charge is 0.489 e. The fraction of sp³-hybridized carbons (Fsp3) is 0.208. The molecule has 0 saturated heterocycles. The summed E-state index contributed by atoms with van der Waals surface area (Å²) in [6, 6.07) is 16.9. The Morgan fingerprint density at radius 2 is 1.91 bits per heavy atom. The van der Waals surface area contributed by atoms with E-state index in [1.165, 1.54) is 0 Å². The molecule has 2 aromatic heterocycles. The minimum atomic E-state index is -4.73. The van der Waals surface area contributed by atoms with Crippen molar-refractivity contribution in [3.63, 3.8) is 0 Å². The molecule has 0 saturated carbocycles. The van der Waals surface area contributed by atoms with Gasteiger partial charge in [0.2, 0.25) is 5.13 Å². The maximum absolute atomic E-state index is 13.8. The molecule has 0 radical (unpaired) electrons. The van der Waals surface area contributed by atoms with E-state index in [1.807, 2.05) is 30.3 Å². The van der Waals surface area contributed by atoms with Crippen LogP contribution in [0.25, 0.3) is 16.4 Å². The fourth-order valence-corrected chi connectivity index (χ4v) is 4.10. The molecule has 0 aliphatic rings. The quantitative estimate of drug-likeness (QED) is 0.298. The van der Waals surface area contributed by atoms with Gasteiger partial charge in [-0.25, -0.2) is 9.67 Å². The van der Waals surface area contributed by atoms with E-state index in [9.17, 15) is 18.0 Å². The van der Waals surface area contributed by atoms with Crippen LogP contribution in [0.2, 0.25) is 0 Å². The Labute approximate surface area is 197 Å². The number of rotatable bonds is 8. The lowest BCUT2D eigenvalue weighted by atomic mass is 10.1. The number of thiazole rings is 1. The van der Waals surface area contributed by atoms with Gasteiger partial charge in [-0.3, -0.25) is 4.79 Å². The molecule has 4 aromatic rings. The number of carbonyl (C=O) groups is 1. The maximum Gasteiger partial charge on any atom is 0.433 e. The van der Waals surface area contributed by atoms with Crippen LogP contribution in [0.3, 0.4) is 0 Å². The zero-order valence-electron chi connectivity index (χ0n) is 18.1. The van der Waals surface area contributed by atoms with Crippen LogP contribution in [0.5, 0.6) is 5.75 Å². The van der Waals surface area contributed by atoms with Gasteiger partial charge in [0, 0.05) is 16.5 Å². The highest BCUT2D eigenvalue weighted by Crippen LogP contribution is 2.35. The Hall–Kier alpha value is -3.66. The Morgan fingerprint density at radius 1 is 1.12 bits per heavy atom. The Morgan fingerprint density at radius 3 is 2.65 bits per heavy atom. The van der Waals surface area contributed by atoms with Crippen molar-refractivity contribution in [1.82, 2.24) is 14.8 Å². The van der Waals surface area contributed by atoms with Crippen molar-refractivity contribution < 1.29 is 27.4 Å². The Kier molecular flexibility index (Phi) is 6.97. The predicted molar refractivity (Wildman–Crippen MR) is 121 cm³/mol. The lowest BCUT2D eigenvalue weighted by Gasteiger charge is -2.11. The van der Waals surface area contributed by atoms with E-state index in [0.717, 1.165) is 27.8 Å². The minimum Gasteiger partial charge on any atom is -0.489 e. The summed E-state index contributed by atoms with van der Waals surface area (Å²) in [5, 5.41) is 5.55. The first kappa shape index (κ1) is 23.5. The third kappa shape index (κ3) is 5.45. The summed E-state index contributed by atoms with van der Waals surface area (Å²) in [5.74, 6) is -0.137. The molecule has 0 amide bonds. The first-order valence-electron chi connectivity index (χ1n) is 10.4. The van der Waals surface area contributed by atoms with Crippen molar-refractivity contribution >= 4 is 17.3 Å². The van der Waals surface area contributed by atoms with Crippen molar-refractivity contribution in [3.8, 4) is 22.1 Å². The molecular weight excluding hydrogens is 467 g/mol. The van der Waals surface area contributed by atoms with Gasteiger partial charge in [0.15, 0.2) is 5.69 Å². The van der Waals surface area contributed by atoms with E-state index in [-0.39, 0.29) is 17.3 Å². The molecule has 0 unspecified atom stereocenters. The molecule has 0 aliphatic carbocycles. The van der Waals surface area contributed by atoms with E-state index >= 15 is 0 Å². The highest BCUT2D eigenvalue weighted by molar-refractivity contribution is 7.12. The molecule has 0 atom stereocenters. The molecule has 0 aliphatic heterocycles. The molecule has 34 heavy (non-hydrogen) atoms. The van der Waals surface area contributed by atoms with E-state index in [2.05, 4.69) is 10.1 Å². The summed E-state index contributed by atoms with van der Waals surface area (Å²) in [6.45, 7) is 2.06. The molecule has 2 heterocycles. The molecule has 0 N–H and O–H groups in total. The van der Waals surface area contributed by atoms with Crippen LogP contribution in [-0.4, -0.2) is 27.3 Å². The van der Waals surface area contributed by atoms with Gasteiger partial charge in [-0.15, -0.1) is 11.3 Å². The van der Waals surface area contributed by atoms with Gasteiger partial charge in [0.05, 0.1) is 24.9 Å². The summed E-state index contributed by atoms with van der Waals surface area (Å²) < 4.78 is 52.8. The van der Waals surface area contributed by atoms with Crippen molar-refractivity contribution in [2.75, 3.05) is 6.61 Å². The zero-order valence-corrected chi connectivity index (χ0v) is 18.9. The lowest BCUT2D eigenvalue weighted by molar-refractivity contribution is -0.145. The van der Waals surface area contributed by atoms with Crippen LogP contribution in [0.4, 0.5) is 13.2 Å². The number of ether oxygens (including phenoxy) is 2. The van der Waals surface area contributed by atoms with Crippen molar-refractivity contribution in [3.05, 3.63) is 83.0 Å². The first-order chi connectivity index (χ1) is 16.3. The summed E-state index contributed by atoms with van der Waals surface area (Å²) in [6.07, 6.45) is -4.23. The van der Waals surface area contributed by atoms with Crippen LogP contribution < -0.4 is 4.74 Å². The zero-order chi connectivity index (χ0) is 24.1. The first-order valence-corrected chi connectivity index (χ1v) is 11.3. The molecule has 176 valence electrons. The second-order valence-electron chi connectivity index (χ2n) is 7.23. The molecular formula is C24H20F3N3O3S. The van der Waals surface area contributed by atoms with Crippen molar-refractivity contribution in [2.45, 2.75) is 26.1 Å². The third-order valence-corrected chi connectivity index (χ3v) is 5.62. The Bertz CT molecular complexity index is 1270. The average Bonchev–Trinajstić information content (AvgIpc) is 3.46. The van der Waals surface area contributed by atoms with Crippen LogP contribution >= 0.6 is 11.3 Å². The number of hydrogen-bond donors (Lipinski definition) is 0. The van der Waals surface area contributed by atoms with Crippen LogP contribution in [0, 0.1) is 0 Å². The summed E-state index contributed by atoms with van der Waals surface area (Å²) >= 11 is 1.02. The number of halogens is 3. The minimum absolute atomic E-state index is 0.0352. The highest BCUT2D eigenvalue weighted by Gasteiger charge is 2.39. The van der Waals surface area contributed by atoms with Crippen molar-refractivity contribution in [2.24, 2.45) is 0 Å². The van der Waals surface area contributed by atoms with E-state index in [1.54, 1.807) is 36.6 Å². The van der Waals surface area contributed by atoms with Gasteiger partial charge in [-0.05, 0) is 24.6 Å². The number of aromatic nitrogens is 3. The lowest BCUT2D eigenvalue weighted by Crippen LogP contribution is -2.17. The predicted octanol–water partition coefficient (Wildman–Crippen LogP) is 5.70. The third-order valence-electron chi connectivity index (χ3n) is 4.81. The number of benzene rings is 2. The SMILES string of the molecule is CCOC(=O)Cc1cnn(-c2nc(-c3cccc(OCc4ccccc4)c3)cs2)c1C(F)(F)F. The summed E-state index contributed by atoms with van der Waals surface area (Å²) in [5.41, 5.74) is 0.891. The monoisotopic (exact) mass is 487 g/mol. The summed E-state index contributed by atoms with van der Waals surface area (Å²) in [4.78, 5) is 16.1. The van der Waals surface area contributed by atoms with Crippen LogP contribution in [-0.2, 0) is 28.7 Å². The van der Waals surface area contributed by atoms with Gasteiger partial charge >= 0.3 is 12.1 Å². The second-order valence-corrected chi connectivity index (χ2v) is 8.06. The number of nitrogens with zero attached hydrogens (tertiary/aromatic N) is 3. The van der Waals surface area contributed by atoms with Crippen molar-refractivity contribution in [1.29, 1.82) is 0 Å². The number of carbonyl (C=O) groups excluding carboxylic acids is 1. The number of alkyl halides is 3. The number of hydrogen-bond acceptors (Lipinski definition) is 6. The van der Waals surface area contributed by atoms with E-state index < -0.39 is 24.3 Å². The van der Waals surface area contributed by atoms with E-state index in [4.69, 9.17) is 9.47 Å².